The van der Waals surface area contributed by atoms with Crippen LogP contribution in [0.25, 0.3) is 0 Å². The fourth-order valence-corrected chi connectivity index (χ4v) is 2.53. The fraction of sp³-hybridized carbons (Fsp3) is 0.318. The Morgan fingerprint density at radius 2 is 1.56 bits per heavy atom. The van der Waals surface area contributed by atoms with Crippen LogP contribution in [0.1, 0.15) is 23.6 Å². The molecular formula is C22H27NO4. The molecule has 0 saturated carbocycles. The summed E-state index contributed by atoms with van der Waals surface area (Å²) in [5.74, 6) is 2.52. The predicted molar refractivity (Wildman–Crippen MR) is 108 cm³/mol. The monoisotopic (exact) mass is 369 g/mol. The smallest absolute Gasteiger partial charge is 0.125 e. The highest BCUT2D eigenvalue weighted by molar-refractivity contribution is 5.79. The molecule has 0 fully saturated rings. The first-order chi connectivity index (χ1) is 13.1. The molecule has 0 heterocycles. The molecular weight excluding hydrogens is 342 g/mol. The van der Waals surface area contributed by atoms with Crippen LogP contribution in [0.3, 0.4) is 0 Å². The SMILES string of the molecule is C/C=C/COc1cc(C)c(OCCOc2ccc(/C=N/OC)cc2)c(C)c1. The third kappa shape index (κ3) is 6.70. The topological polar surface area (TPSA) is 49.3 Å². The van der Waals surface area contributed by atoms with Gasteiger partial charge in [-0.1, -0.05) is 17.3 Å². The Balaban J connectivity index is 1.83. The molecule has 5 nitrogen and oxygen atoms in total. The first kappa shape index (κ1) is 20.4. The van der Waals surface area contributed by atoms with Crippen molar-refractivity contribution in [3.05, 3.63) is 65.2 Å². The minimum Gasteiger partial charge on any atom is -0.490 e. The maximum atomic E-state index is 5.91. The van der Waals surface area contributed by atoms with Gasteiger partial charge in [-0.15, -0.1) is 0 Å². The molecule has 0 aliphatic rings. The van der Waals surface area contributed by atoms with Gasteiger partial charge < -0.3 is 19.0 Å². The first-order valence-corrected chi connectivity index (χ1v) is 8.91. The summed E-state index contributed by atoms with van der Waals surface area (Å²) < 4.78 is 17.3. The van der Waals surface area contributed by atoms with E-state index in [-0.39, 0.29) is 0 Å². The van der Waals surface area contributed by atoms with Crippen molar-refractivity contribution in [1.82, 2.24) is 0 Å². The third-order valence-corrected chi connectivity index (χ3v) is 3.80. The molecule has 0 spiro atoms. The molecule has 0 radical (unpaired) electrons. The molecule has 0 aromatic heterocycles. The minimum atomic E-state index is 0.462. The van der Waals surface area contributed by atoms with Gasteiger partial charge in [0.15, 0.2) is 0 Å². The number of hydrogen-bond donors (Lipinski definition) is 0. The number of aryl methyl sites for hydroxylation is 2. The van der Waals surface area contributed by atoms with Gasteiger partial charge >= 0.3 is 0 Å². The lowest BCUT2D eigenvalue weighted by Crippen LogP contribution is -2.10. The van der Waals surface area contributed by atoms with Gasteiger partial charge in [0.05, 0.1) is 6.21 Å². The van der Waals surface area contributed by atoms with E-state index in [1.54, 1.807) is 6.21 Å². The summed E-state index contributed by atoms with van der Waals surface area (Å²) in [5, 5.41) is 3.73. The highest BCUT2D eigenvalue weighted by Crippen LogP contribution is 2.28. The quantitative estimate of drug-likeness (QED) is 0.264. The van der Waals surface area contributed by atoms with Crippen LogP contribution >= 0.6 is 0 Å². The number of hydrogen-bond acceptors (Lipinski definition) is 5. The van der Waals surface area contributed by atoms with E-state index in [0.29, 0.717) is 19.8 Å². The Morgan fingerprint density at radius 1 is 0.889 bits per heavy atom. The second-order valence-electron chi connectivity index (χ2n) is 5.95. The summed E-state index contributed by atoms with van der Waals surface area (Å²) >= 11 is 0. The lowest BCUT2D eigenvalue weighted by molar-refractivity contribution is 0.215. The Kier molecular flexibility index (Phi) is 8.23. The molecule has 0 amide bonds. The maximum absolute atomic E-state index is 5.91. The fourth-order valence-electron chi connectivity index (χ4n) is 2.53. The van der Waals surface area contributed by atoms with Crippen molar-refractivity contribution in [3.63, 3.8) is 0 Å². The second kappa shape index (κ2) is 10.9. The predicted octanol–water partition coefficient (Wildman–Crippen LogP) is 4.70. The van der Waals surface area contributed by atoms with Crippen LogP contribution in [0.5, 0.6) is 17.2 Å². The molecule has 5 heteroatoms. The number of ether oxygens (including phenoxy) is 3. The summed E-state index contributed by atoms with van der Waals surface area (Å²) in [7, 11) is 1.52. The average molecular weight is 369 g/mol. The van der Waals surface area contributed by atoms with Crippen molar-refractivity contribution in [1.29, 1.82) is 0 Å². The van der Waals surface area contributed by atoms with Crippen LogP contribution in [0.4, 0.5) is 0 Å². The zero-order valence-electron chi connectivity index (χ0n) is 16.4. The molecule has 0 unspecified atom stereocenters. The lowest BCUT2D eigenvalue weighted by atomic mass is 10.1. The standard InChI is InChI=1S/C22H27NO4/c1-5-6-11-25-21-14-17(2)22(18(3)15-21)27-13-12-26-20-9-7-19(8-10-20)16-23-24-4/h5-10,14-16H,11-13H2,1-4H3/b6-5+,23-16+. The van der Waals surface area contributed by atoms with E-state index in [2.05, 4.69) is 9.99 Å². The first-order valence-electron chi connectivity index (χ1n) is 8.91. The highest BCUT2D eigenvalue weighted by atomic mass is 16.6. The van der Waals surface area contributed by atoms with Crippen LogP contribution in [0, 0.1) is 13.8 Å². The third-order valence-electron chi connectivity index (χ3n) is 3.80. The van der Waals surface area contributed by atoms with E-state index in [1.807, 2.05) is 69.3 Å². The summed E-state index contributed by atoms with van der Waals surface area (Å²) in [4.78, 5) is 4.66. The Bertz CT molecular complexity index is 743. The molecule has 2 aromatic carbocycles. The van der Waals surface area contributed by atoms with Crippen LogP contribution in [0.2, 0.25) is 0 Å². The largest absolute Gasteiger partial charge is 0.490 e. The molecule has 0 bridgehead atoms. The van der Waals surface area contributed by atoms with E-state index in [1.165, 1.54) is 7.11 Å². The van der Waals surface area contributed by atoms with Crippen LogP contribution < -0.4 is 14.2 Å². The van der Waals surface area contributed by atoms with Crippen LogP contribution in [0.15, 0.2) is 53.7 Å². The Morgan fingerprint density at radius 3 is 2.19 bits per heavy atom. The zero-order valence-corrected chi connectivity index (χ0v) is 16.4. The molecule has 0 N–H and O–H groups in total. The average Bonchev–Trinajstić information content (AvgIpc) is 2.66. The number of benzene rings is 2. The van der Waals surface area contributed by atoms with Crippen LogP contribution in [-0.4, -0.2) is 33.1 Å². The van der Waals surface area contributed by atoms with Gasteiger partial charge in [-0.25, -0.2) is 0 Å². The highest BCUT2D eigenvalue weighted by Gasteiger charge is 2.07. The summed E-state index contributed by atoms with van der Waals surface area (Å²) in [5.41, 5.74) is 3.04. The van der Waals surface area contributed by atoms with E-state index < -0.39 is 0 Å². The second-order valence-corrected chi connectivity index (χ2v) is 5.95. The molecule has 0 atom stereocenters. The van der Waals surface area contributed by atoms with Crippen molar-refractivity contribution in [3.8, 4) is 17.2 Å². The molecule has 0 aliphatic carbocycles. The van der Waals surface area contributed by atoms with Crippen LogP contribution in [-0.2, 0) is 4.84 Å². The van der Waals surface area contributed by atoms with Crippen molar-refractivity contribution in [2.45, 2.75) is 20.8 Å². The van der Waals surface area contributed by atoms with Crippen molar-refractivity contribution in [2.75, 3.05) is 26.9 Å². The molecule has 2 aromatic rings. The number of oxime groups is 1. The van der Waals surface area contributed by atoms with Crippen molar-refractivity contribution < 1.29 is 19.0 Å². The van der Waals surface area contributed by atoms with E-state index in [0.717, 1.165) is 33.9 Å². The maximum Gasteiger partial charge on any atom is 0.125 e. The van der Waals surface area contributed by atoms with E-state index >= 15 is 0 Å². The normalized spacial score (nSPS) is 11.1. The van der Waals surface area contributed by atoms with Gasteiger partial charge in [0.25, 0.3) is 0 Å². The van der Waals surface area contributed by atoms with Crippen molar-refractivity contribution in [2.24, 2.45) is 5.16 Å². The zero-order chi connectivity index (χ0) is 19.5. The lowest BCUT2D eigenvalue weighted by Gasteiger charge is -2.15. The Labute approximate surface area is 161 Å². The van der Waals surface area contributed by atoms with E-state index in [4.69, 9.17) is 14.2 Å². The van der Waals surface area contributed by atoms with Gasteiger partial charge in [-0.3, -0.25) is 0 Å². The number of rotatable bonds is 10. The van der Waals surface area contributed by atoms with Gasteiger partial charge in [-0.2, -0.15) is 0 Å². The van der Waals surface area contributed by atoms with Gasteiger partial charge in [0, 0.05) is 0 Å². The van der Waals surface area contributed by atoms with E-state index in [9.17, 15) is 0 Å². The van der Waals surface area contributed by atoms with Gasteiger partial charge in [0.1, 0.15) is 44.2 Å². The molecule has 0 saturated heterocycles. The minimum absolute atomic E-state index is 0.462. The number of allylic oxidation sites excluding steroid dienone is 1. The number of nitrogens with zero attached hydrogens (tertiary/aromatic N) is 1. The summed E-state index contributed by atoms with van der Waals surface area (Å²) in [6.45, 7) is 7.51. The Hall–Kier alpha value is -2.95. The molecule has 144 valence electrons. The van der Waals surface area contributed by atoms with Crippen molar-refractivity contribution >= 4 is 6.21 Å². The van der Waals surface area contributed by atoms with Gasteiger partial charge in [0.2, 0.25) is 0 Å². The molecule has 0 aliphatic heterocycles. The summed E-state index contributed by atoms with van der Waals surface area (Å²) in [6.07, 6.45) is 5.59. The molecule has 27 heavy (non-hydrogen) atoms. The molecule has 2 rings (SSSR count). The van der Waals surface area contributed by atoms with Gasteiger partial charge in [-0.05, 0) is 73.9 Å². The summed E-state index contributed by atoms with van der Waals surface area (Å²) in [6, 6.07) is 11.6.